The summed E-state index contributed by atoms with van der Waals surface area (Å²) in [5.74, 6) is -0.167. The molecule has 28 heavy (non-hydrogen) atoms. The number of aromatic nitrogens is 2. The molecular weight excluding hydrogens is 354 g/mol. The number of aryl methyl sites for hydroxylation is 1. The summed E-state index contributed by atoms with van der Waals surface area (Å²) < 4.78 is 7.05. The summed E-state index contributed by atoms with van der Waals surface area (Å²) in [5.41, 5.74) is 0.659. The van der Waals surface area contributed by atoms with Crippen LogP contribution in [-0.4, -0.2) is 46.3 Å². The molecule has 2 aromatic rings. The van der Waals surface area contributed by atoms with E-state index >= 15 is 0 Å². The Kier molecular flexibility index (Phi) is 6.85. The Hall–Kier alpha value is -2.63. The molecule has 1 atom stereocenters. The summed E-state index contributed by atoms with van der Waals surface area (Å²) in [5, 5.41) is 4.11. The molecule has 0 aliphatic carbocycles. The van der Waals surface area contributed by atoms with Crippen LogP contribution in [0.1, 0.15) is 38.2 Å². The van der Waals surface area contributed by atoms with Crippen LogP contribution in [0.25, 0.3) is 0 Å². The van der Waals surface area contributed by atoms with Gasteiger partial charge in [-0.3, -0.25) is 14.3 Å². The van der Waals surface area contributed by atoms with Crippen molar-refractivity contribution in [3.63, 3.8) is 0 Å². The summed E-state index contributed by atoms with van der Waals surface area (Å²) in [4.78, 5) is 27.4. The minimum Gasteiger partial charge on any atom is -0.466 e. The molecule has 1 aliphatic heterocycles. The lowest BCUT2D eigenvalue weighted by atomic mass is 9.75. The lowest BCUT2D eigenvalue weighted by Crippen LogP contribution is -2.51. The van der Waals surface area contributed by atoms with Gasteiger partial charge in [-0.15, -0.1) is 0 Å². The van der Waals surface area contributed by atoms with E-state index in [0.717, 1.165) is 32.1 Å². The summed E-state index contributed by atoms with van der Waals surface area (Å²) in [7, 11) is 0. The maximum Gasteiger partial charge on any atom is 0.313 e. The van der Waals surface area contributed by atoms with E-state index in [1.54, 1.807) is 23.1 Å². The number of carbonyl (C=O) groups excluding carboxylic acids is 2. The standard InChI is InChI=1S/C22H29N3O3/c1-2-28-21(27)22(12-6-11-19-9-4-3-5-10-19)13-7-15-24(18-22)20(26)17-25-16-8-14-23-25/h3-5,8-10,14,16H,2,6-7,11-13,15,17-18H2,1H3/t22-/m0/s1. The van der Waals surface area contributed by atoms with Gasteiger partial charge in [0.1, 0.15) is 6.54 Å². The number of ether oxygens (including phenoxy) is 1. The second-order valence-electron chi connectivity index (χ2n) is 7.46. The lowest BCUT2D eigenvalue weighted by Gasteiger charge is -2.41. The Balaban J connectivity index is 1.67. The second-order valence-corrected chi connectivity index (χ2v) is 7.46. The molecule has 0 N–H and O–H groups in total. The maximum absolute atomic E-state index is 12.9. The first-order chi connectivity index (χ1) is 13.6. The molecule has 1 aromatic heterocycles. The average Bonchev–Trinajstić information content (AvgIpc) is 3.22. The monoisotopic (exact) mass is 383 g/mol. The molecular formula is C22H29N3O3. The number of likely N-dealkylation sites (tertiary alicyclic amines) is 1. The number of carbonyl (C=O) groups is 2. The Morgan fingerprint density at radius 2 is 2.04 bits per heavy atom. The fourth-order valence-electron chi connectivity index (χ4n) is 4.01. The van der Waals surface area contributed by atoms with Crippen molar-refractivity contribution in [2.24, 2.45) is 5.41 Å². The van der Waals surface area contributed by atoms with Crippen LogP contribution in [-0.2, 0) is 27.3 Å². The SMILES string of the molecule is CCOC(=O)[C@@]1(CCCc2ccccc2)CCCN(C(=O)Cn2cccn2)C1. The second kappa shape index (κ2) is 9.53. The zero-order valence-electron chi connectivity index (χ0n) is 16.5. The van der Waals surface area contributed by atoms with E-state index in [1.807, 2.05) is 30.0 Å². The summed E-state index contributed by atoms with van der Waals surface area (Å²) in [6, 6.07) is 12.1. The molecule has 1 fully saturated rings. The first kappa shape index (κ1) is 20.1. The van der Waals surface area contributed by atoms with Crippen LogP contribution in [0.15, 0.2) is 48.8 Å². The minimum atomic E-state index is -0.608. The third kappa shape index (κ3) is 5.00. The number of benzene rings is 1. The molecule has 150 valence electrons. The highest BCUT2D eigenvalue weighted by Crippen LogP contribution is 2.37. The molecule has 3 rings (SSSR count). The number of nitrogens with zero attached hydrogens (tertiary/aromatic N) is 3. The van der Waals surface area contributed by atoms with Gasteiger partial charge < -0.3 is 9.64 Å². The van der Waals surface area contributed by atoms with Gasteiger partial charge in [-0.1, -0.05) is 30.3 Å². The van der Waals surface area contributed by atoms with Crippen LogP contribution >= 0.6 is 0 Å². The quantitative estimate of drug-likeness (QED) is 0.657. The molecule has 1 amide bonds. The predicted octanol–water partition coefficient (Wildman–Crippen LogP) is 3.08. The number of rotatable bonds is 8. The molecule has 0 unspecified atom stereocenters. The zero-order valence-corrected chi connectivity index (χ0v) is 16.5. The van der Waals surface area contributed by atoms with Gasteiger partial charge in [0.2, 0.25) is 5.91 Å². The summed E-state index contributed by atoms with van der Waals surface area (Å²) in [6.07, 6.45) is 7.57. The number of piperidine rings is 1. The van der Waals surface area contributed by atoms with E-state index in [9.17, 15) is 9.59 Å². The van der Waals surface area contributed by atoms with E-state index in [0.29, 0.717) is 19.7 Å². The van der Waals surface area contributed by atoms with Gasteiger partial charge in [-0.05, 0) is 50.7 Å². The van der Waals surface area contributed by atoms with Gasteiger partial charge in [-0.2, -0.15) is 5.10 Å². The molecule has 1 aromatic carbocycles. The molecule has 6 nitrogen and oxygen atoms in total. The minimum absolute atomic E-state index is 0.000123. The van der Waals surface area contributed by atoms with Crippen LogP contribution in [0.4, 0.5) is 0 Å². The fraction of sp³-hybridized carbons (Fsp3) is 0.500. The number of esters is 1. The molecule has 6 heteroatoms. The zero-order chi connectivity index (χ0) is 19.8. The highest BCUT2D eigenvalue weighted by atomic mass is 16.5. The predicted molar refractivity (Wildman–Crippen MR) is 106 cm³/mol. The van der Waals surface area contributed by atoms with Gasteiger partial charge in [-0.25, -0.2) is 0 Å². The Bertz CT molecular complexity index is 761. The Morgan fingerprint density at radius 3 is 2.75 bits per heavy atom. The maximum atomic E-state index is 12.9. The first-order valence-electron chi connectivity index (χ1n) is 10.1. The van der Waals surface area contributed by atoms with E-state index in [1.165, 1.54) is 5.56 Å². The Labute approximate surface area is 166 Å². The topological polar surface area (TPSA) is 64.4 Å². The van der Waals surface area contributed by atoms with Crippen molar-refractivity contribution in [3.8, 4) is 0 Å². The van der Waals surface area contributed by atoms with E-state index < -0.39 is 5.41 Å². The van der Waals surface area contributed by atoms with Gasteiger partial charge >= 0.3 is 5.97 Å². The smallest absolute Gasteiger partial charge is 0.313 e. The van der Waals surface area contributed by atoms with Crippen molar-refractivity contribution in [1.29, 1.82) is 0 Å². The number of hydrogen-bond donors (Lipinski definition) is 0. The molecule has 0 bridgehead atoms. The van der Waals surface area contributed by atoms with E-state index in [2.05, 4.69) is 17.2 Å². The third-order valence-electron chi connectivity index (χ3n) is 5.46. The molecule has 0 spiro atoms. The highest BCUT2D eigenvalue weighted by Gasteiger charge is 2.44. The highest BCUT2D eigenvalue weighted by molar-refractivity contribution is 5.80. The normalized spacial score (nSPS) is 19.4. The van der Waals surface area contributed by atoms with Gasteiger partial charge in [0.05, 0.1) is 12.0 Å². The molecule has 1 saturated heterocycles. The van der Waals surface area contributed by atoms with Crippen molar-refractivity contribution >= 4 is 11.9 Å². The van der Waals surface area contributed by atoms with Crippen molar-refractivity contribution in [1.82, 2.24) is 14.7 Å². The van der Waals surface area contributed by atoms with Gasteiger partial charge in [0, 0.05) is 25.5 Å². The van der Waals surface area contributed by atoms with Crippen LogP contribution in [0.2, 0.25) is 0 Å². The number of hydrogen-bond acceptors (Lipinski definition) is 4. The molecule has 0 saturated carbocycles. The van der Waals surface area contributed by atoms with Crippen LogP contribution in [0, 0.1) is 5.41 Å². The largest absolute Gasteiger partial charge is 0.466 e. The fourth-order valence-corrected chi connectivity index (χ4v) is 4.01. The van der Waals surface area contributed by atoms with Crippen LogP contribution < -0.4 is 0 Å². The van der Waals surface area contributed by atoms with Crippen LogP contribution in [0.3, 0.4) is 0 Å². The first-order valence-corrected chi connectivity index (χ1v) is 10.1. The van der Waals surface area contributed by atoms with E-state index in [4.69, 9.17) is 4.74 Å². The Morgan fingerprint density at radius 1 is 1.21 bits per heavy atom. The van der Waals surface area contributed by atoms with Crippen molar-refractivity contribution in [3.05, 3.63) is 54.4 Å². The number of amides is 1. The third-order valence-corrected chi connectivity index (χ3v) is 5.46. The average molecular weight is 383 g/mol. The van der Waals surface area contributed by atoms with Gasteiger partial charge in [0.15, 0.2) is 0 Å². The van der Waals surface area contributed by atoms with Crippen LogP contribution in [0.5, 0.6) is 0 Å². The summed E-state index contributed by atoms with van der Waals surface area (Å²) >= 11 is 0. The van der Waals surface area contributed by atoms with Gasteiger partial charge in [0.25, 0.3) is 0 Å². The molecule has 2 heterocycles. The molecule has 1 aliphatic rings. The molecule has 0 radical (unpaired) electrons. The van der Waals surface area contributed by atoms with Crippen molar-refractivity contribution in [2.45, 2.75) is 45.6 Å². The lowest BCUT2D eigenvalue weighted by molar-refractivity contribution is -0.161. The van der Waals surface area contributed by atoms with E-state index in [-0.39, 0.29) is 18.4 Å². The van der Waals surface area contributed by atoms with Crippen molar-refractivity contribution < 1.29 is 14.3 Å². The van der Waals surface area contributed by atoms with Crippen molar-refractivity contribution in [2.75, 3.05) is 19.7 Å². The summed E-state index contributed by atoms with van der Waals surface area (Å²) in [6.45, 7) is 3.51.